The number of β-amino-alcohol motifs (C(OH)–C–C–N with tert-alkyl or cyclic N) is 1. The Morgan fingerprint density at radius 2 is 2.33 bits per heavy atom. The SMILES string of the molecule is Cc1[nH]ncc1C(=O)N1C[C@@H](O)C[C@@H]1c1cccc(F)c1. The van der Waals surface area contributed by atoms with Crippen LogP contribution in [0.4, 0.5) is 4.39 Å². The molecule has 3 rings (SSSR count). The minimum absolute atomic E-state index is 0.202. The first-order chi connectivity index (χ1) is 10.1. The number of hydrogen-bond acceptors (Lipinski definition) is 3. The van der Waals surface area contributed by atoms with Crippen molar-refractivity contribution in [2.75, 3.05) is 6.54 Å². The second kappa shape index (κ2) is 5.29. The molecule has 2 atom stereocenters. The summed E-state index contributed by atoms with van der Waals surface area (Å²) in [4.78, 5) is 14.2. The van der Waals surface area contributed by atoms with Crippen LogP contribution in [0.3, 0.4) is 0 Å². The molecule has 110 valence electrons. The van der Waals surface area contributed by atoms with E-state index in [9.17, 15) is 14.3 Å². The molecule has 1 aromatic carbocycles. The third-order valence-corrected chi connectivity index (χ3v) is 3.83. The molecule has 6 heteroatoms. The van der Waals surface area contributed by atoms with Gasteiger partial charge in [-0.25, -0.2) is 4.39 Å². The van der Waals surface area contributed by atoms with Crippen molar-refractivity contribution in [1.29, 1.82) is 0 Å². The summed E-state index contributed by atoms with van der Waals surface area (Å²) in [7, 11) is 0. The first kappa shape index (κ1) is 13.8. The Labute approximate surface area is 121 Å². The zero-order chi connectivity index (χ0) is 15.0. The predicted octanol–water partition coefficient (Wildman–Crippen LogP) is 1.81. The minimum Gasteiger partial charge on any atom is -0.391 e. The summed E-state index contributed by atoms with van der Waals surface area (Å²) in [6.45, 7) is 2.01. The highest BCUT2D eigenvalue weighted by molar-refractivity contribution is 5.95. The summed E-state index contributed by atoms with van der Waals surface area (Å²) < 4.78 is 13.4. The fourth-order valence-corrected chi connectivity index (χ4v) is 2.79. The molecule has 1 aromatic heterocycles. The van der Waals surface area contributed by atoms with Crippen LogP contribution in [0.5, 0.6) is 0 Å². The highest BCUT2D eigenvalue weighted by Gasteiger charge is 2.36. The third kappa shape index (κ3) is 2.54. The van der Waals surface area contributed by atoms with Gasteiger partial charge in [0, 0.05) is 12.2 Å². The minimum atomic E-state index is -0.602. The van der Waals surface area contributed by atoms with Crippen LogP contribution in [0.1, 0.15) is 34.1 Å². The molecule has 0 unspecified atom stereocenters. The van der Waals surface area contributed by atoms with Crippen molar-refractivity contribution < 1.29 is 14.3 Å². The Balaban J connectivity index is 1.93. The van der Waals surface area contributed by atoms with Gasteiger partial charge in [-0.1, -0.05) is 12.1 Å². The lowest BCUT2D eigenvalue weighted by Gasteiger charge is -2.24. The Morgan fingerprint density at radius 1 is 1.52 bits per heavy atom. The van der Waals surface area contributed by atoms with Gasteiger partial charge < -0.3 is 10.0 Å². The Bertz CT molecular complexity index is 670. The monoisotopic (exact) mass is 289 g/mol. The Hall–Kier alpha value is -2.21. The molecule has 21 heavy (non-hydrogen) atoms. The van der Waals surface area contributed by atoms with Gasteiger partial charge in [0.1, 0.15) is 5.82 Å². The van der Waals surface area contributed by atoms with Crippen LogP contribution in [0.2, 0.25) is 0 Å². The number of aromatic amines is 1. The highest BCUT2D eigenvalue weighted by Crippen LogP contribution is 2.33. The summed E-state index contributed by atoms with van der Waals surface area (Å²) in [5, 5.41) is 16.5. The number of carbonyl (C=O) groups excluding carboxylic acids is 1. The molecule has 1 aliphatic rings. The number of nitrogens with zero attached hydrogens (tertiary/aromatic N) is 2. The van der Waals surface area contributed by atoms with Crippen LogP contribution in [-0.4, -0.2) is 38.8 Å². The van der Waals surface area contributed by atoms with Gasteiger partial charge >= 0.3 is 0 Å². The molecule has 2 aromatic rings. The van der Waals surface area contributed by atoms with E-state index < -0.39 is 6.10 Å². The number of carbonyl (C=O) groups is 1. The highest BCUT2D eigenvalue weighted by atomic mass is 19.1. The van der Waals surface area contributed by atoms with Crippen molar-refractivity contribution in [3.05, 3.63) is 53.1 Å². The van der Waals surface area contributed by atoms with Crippen LogP contribution in [0.15, 0.2) is 30.5 Å². The van der Waals surface area contributed by atoms with Crippen molar-refractivity contribution in [3.8, 4) is 0 Å². The van der Waals surface area contributed by atoms with Crippen LogP contribution >= 0.6 is 0 Å². The number of H-pyrrole nitrogens is 1. The lowest BCUT2D eigenvalue weighted by molar-refractivity contribution is 0.0715. The summed E-state index contributed by atoms with van der Waals surface area (Å²) in [6.07, 6.45) is 1.28. The maximum atomic E-state index is 13.4. The molecule has 0 spiro atoms. The fraction of sp³-hybridized carbons (Fsp3) is 0.333. The molecule has 2 heterocycles. The Kier molecular flexibility index (Phi) is 3.47. The average molecular weight is 289 g/mol. The maximum absolute atomic E-state index is 13.4. The topological polar surface area (TPSA) is 69.2 Å². The molecule has 0 saturated carbocycles. The van der Waals surface area contributed by atoms with Gasteiger partial charge in [0.15, 0.2) is 0 Å². The molecular weight excluding hydrogens is 273 g/mol. The van der Waals surface area contributed by atoms with E-state index in [0.29, 0.717) is 23.2 Å². The molecule has 0 aliphatic carbocycles. The second-order valence-corrected chi connectivity index (χ2v) is 5.33. The number of aryl methyl sites for hydroxylation is 1. The van der Waals surface area contributed by atoms with Crippen molar-refractivity contribution >= 4 is 5.91 Å². The van der Waals surface area contributed by atoms with Crippen molar-refractivity contribution in [2.24, 2.45) is 0 Å². The summed E-state index contributed by atoms with van der Waals surface area (Å²) in [6, 6.07) is 5.83. The molecule has 2 N–H and O–H groups in total. The maximum Gasteiger partial charge on any atom is 0.257 e. The number of halogens is 1. The summed E-state index contributed by atoms with van der Waals surface area (Å²) in [5.41, 5.74) is 1.85. The normalized spacial score (nSPS) is 21.8. The first-order valence-corrected chi connectivity index (χ1v) is 6.80. The number of aliphatic hydroxyl groups is 1. The van der Waals surface area contributed by atoms with Gasteiger partial charge in [0.25, 0.3) is 5.91 Å². The number of likely N-dealkylation sites (tertiary alicyclic amines) is 1. The van der Waals surface area contributed by atoms with E-state index in [0.717, 1.165) is 0 Å². The zero-order valence-corrected chi connectivity index (χ0v) is 11.6. The van der Waals surface area contributed by atoms with Gasteiger partial charge in [0.05, 0.1) is 23.9 Å². The molecule has 0 bridgehead atoms. The number of amides is 1. The van der Waals surface area contributed by atoms with Gasteiger partial charge in [-0.3, -0.25) is 9.89 Å². The molecule has 1 fully saturated rings. The van der Waals surface area contributed by atoms with E-state index in [4.69, 9.17) is 0 Å². The number of rotatable bonds is 2. The van der Waals surface area contributed by atoms with Gasteiger partial charge in [-0.05, 0) is 31.0 Å². The first-order valence-electron chi connectivity index (χ1n) is 6.80. The van der Waals surface area contributed by atoms with Crippen LogP contribution in [0, 0.1) is 12.7 Å². The lowest BCUT2D eigenvalue weighted by atomic mass is 10.0. The molecule has 5 nitrogen and oxygen atoms in total. The van der Waals surface area contributed by atoms with E-state index in [1.807, 2.05) is 0 Å². The number of nitrogens with one attached hydrogen (secondary N) is 1. The van der Waals surface area contributed by atoms with E-state index in [1.54, 1.807) is 24.0 Å². The molecule has 1 aliphatic heterocycles. The number of benzene rings is 1. The fourth-order valence-electron chi connectivity index (χ4n) is 2.79. The van der Waals surface area contributed by atoms with E-state index in [1.165, 1.54) is 18.3 Å². The molecular formula is C15H16FN3O2. The van der Waals surface area contributed by atoms with E-state index in [2.05, 4.69) is 10.2 Å². The van der Waals surface area contributed by atoms with Crippen molar-refractivity contribution in [1.82, 2.24) is 15.1 Å². The zero-order valence-electron chi connectivity index (χ0n) is 11.6. The van der Waals surface area contributed by atoms with Gasteiger partial charge in [-0.2, -0.15) is 5.10 Å². The van der Waals surface area contributed by atoms with Crippen LogP contribution in [-0.2, 0) is 0 Å². The smallest absolute Gasteiger partial charge is 0.257 e. The van der Waals surface area contributed by atoms with Crippen molar-refractivity contribution in [2.45, 2.75) is 25.5 Å². The van der Waals surface area contributed by atoms with E-state index in [-0.39, 0.29) is 24.3 Å². The summed E-state index contributed by atoms with van der Waals surface area (Å²) >= 11 is 0. The molecule has 1 saturated heterocycles. The van der Waals surface area contributed by atoms with E-state index >= 15 is 0 Å². The van der Waals surface area contributed by atoms with Crippen molar-refractivity contribution in [3.63, 3.8) is 0 Å². The standard InChI is InChI=1S/C15H16FN3O2/c1-9-13(7-17-18-9)15(21)19-8-12(20)6-14(19)10-3-2-4-11(16)5-10/h2-5,7,12,14,20H,6,8H2,1H3,(H,17,18)/t12-,14+/m0/s1. The third-order valence-electron chi connectivity index (χ3n) is 3.83. The largest absolute Gasteiger partial charge is 0.391 e. The summed E-state index contributed by atoms with van der Waals surface area (Å²) in [5.74, 6) is -0.548. The average Bonchev–Trinajstić information content (AvgIpc) is 3.04. The van der Waals surface area contributed by atoms with Crippen LogP contribution < -0.4 is 0 Å². The van der Waals surface area contributed by atoms with Crippen LogP contribution in [0.25, 0.3) is 0 Å². The predicted molar refractivity (Wildman–Crippen MR) is 74.1 cm³/mol. The van der Waals surface area contributed by atoms with Gasteiger partial charge in [-0.15, -0.1) is 0 Å². The molecule has 0 radical (unpaired) electrons. The molecule has 1 amide bonds. The number of hydrogen-bond donors (Lipinski definition) is 2. The number of aliphatic hydroxyl groups excluding tert-OH is 1. The quantitative estimate of drug-likeness (QED) is 0.886. The van der Waals surface area contributed by atoms with Gasteiger partial charge in [0.2, 0.25) is 0 Å². The lowest BCUT2D eigenvalue weighted by Crippen LogP contribution is -2.32. The Morgan fingerprint density at radius 3 is 3.00 bits per heavy atom. The second-order valence-electron chi connectivity index (χ2n) is 5.33. The number of aromatic nitrogens is 2.